The van der Waals surface area contributed by atoms with Crippen molar-refractivity contribution in [1.82, 2.24) is 0 Å². The van der Waals surface area contributed by atoms with E-state index in [2.05, 4.69) is 19.6 Å². The number of rotatable bonds is 7. The smallest absolute Gasteiger partial charge is 0.311 e. The summed E-state index contributed by atoms with van der Waals surface area (Å²) in [5, 5.41) is 11.1. The van der Waals surface area contributed by atoms with Gasteiger partial charge in [-0.2, -0.15) is 12.6 Å². The molecule has 1 aromatic rings. The molecule has 0 spiro atoms. The predicted octanol–water partition coefficient (Wildman–Crippen LogP) is 3.94. The Labute approximate surface area is 119 Å². The highest BCUT2D eigenvalue weighted by Crippen LogP contribution is 2.32. The number of nitro groups is 1. The van der Waals surface area contributed by atoms with Crippen LogP contribution < -0.4 is 4.74 Å². The van der Waals surface area contributed by atoms with E-state index in [1.54, 1.807) is 6.07 Å². The Morgan fingerprint density at radius 2 is 2.11 bits per heavy atom. The lowest BCUT2D eigenvalue weighted by Gasteiger charge is -2.16. The zero-order valence-electron chi connectivity index (χ0n) is 11.7. The standard InChI is InChI=1S/C14H21NO3S/c1-4-5-12(9-19)8-18-14-11(3)6-10(2)7-13(14)15(16)17/h6-7,12,19H,4-5,8-9H2,1-3H3. The molecule has 0 N–H and O–H groups in total. The average molecular weight is 283 g/mol. The Hall–Kier alpha value is -1.23. The summed E-state index contributed by atoms with van der Waals surface area (Å²) < 4.78 is 5.70. The van der Waals surface area contributed by atoms with Gasteiger partial charge in [0.05, 0.1) is 11.5 Å². The molecule has 1 unspecified atom stereocenters. The molecule has 106 valence electrons. The lowest BCUT2D eigenvalue weighted by atomic mass is 10.1. The number of benzene rings is 1. The number of hydrogen-bond acceptors (Lipinski definition) is 4. The fourth-order valence-corrected chi connectivity index (χ4v) is 2.38. The predicted molar refractivity (Wildman–Crippen MR) is 80.3 cm³/mol. The molecule has 0 saturated carbocycles. The summed E-state index contributed by atoms with van der Waals surface area (Å²) in [7, 11) is 0. The van der Waals surface area contributed by atoms with Crippen LogP contribution in [0.15, 0.2) is 12.1 Å². The largest absolute Gasteiger partial charge is 0.486 e. The molecule has 0 aliphatic heterocycles. The summed E-state index contributed by atoms with van der Waals surface area (Å²) >= 11 is 4.29. The highest BCUT2D eigenvalue weighted by atomic mass is 32.1. The summed E-state index contributed by atoms with van der Waals surface area (Å²) in [4.78, 5) is 10.7. The van der Waals surface area contributed by atoms with Gasteiger partial charge >= 0.3 is 5.69 Å². The van der Waals surface area contributed by atoms with Crippen LogP contribution in [0.2, 0.25) is 0 Å². The SMILES string of the molecule is CCCC(CS)COc1c(C)cc(C)cc1[N+](=O)[O-]. The number of nitrogens with zero attached hydrogens (tertiary/aromatic N) is 1. The van der Waals surface area contributed by atoms with Crippen molar-refractivity contribution in [1.29, 1.82) is 0 Å². The lowest BCUT2D eigenvalue weighted by Crippen LogP contribution is -2.14. The van der Waals surface area contributed by atoms with Crippen LogP contribution in [0.5, 0.6) is 5.75 Å². The molecular formula is C14H21NO3S. The summed E-state index contributed by atoms with van der Waals surface area (Å²) in [6.07, 6.45) is 2.08. The van der Waals surface area contributed by atoms with Gasteiger partial charge in [0.25, 0.3) is 0 Å². The van der Waals surface area contributed by atoms with Crippen molar-refractivity contribution in [2.45, 2.75) is 33.6 Å². The molecule has 0 bridgehead atoms. The number of ether oxygens (including phenoxy) is 1. The molecule has 19 heavy (non-hydrogen) atoms. The van der Waals surface area contributed by atoms with E-state index in [1.807, 2.05) is 19.9 Å². The van der Waals surface area contributed by atoms with Crippen molar-refractivity contribution in [3.63, 3.8) is 0 Å². The molecule has 1 rings (SSSR count). The van der Waals surface area contributed by atoms with Gasteiger partial charge in [0.1, 0.15) is 0 Å². The molecule has 1 aromatic carbocycles. The minimum absolute atomic E-state index is 0.0481. The monoisotopic (exact) mass is 283 g/mol. The van der Waals surface area contributed by atoms with E-state index < -0.39 is 0 Å². The number of nitro benzene ring substituents is 1. The van der Waals surface area contributed by atoms with Gasteiger partial charge in [-0.15, -0.1) is 0 Å². The Balaban J connectivity index is 2.90. The second-order valence-electron chi connectivity index (χ2n) is 4.84. The van der Waals surface area contributed by atoms with Crippen molar-refractivity contribution in [3.8, 4) is 5.75 Å². The van der Waals surface area contributed by atoms with Crippen LogP contribution in [0, 0.1) is 29.9 Å². The third kappa shape index (κ3) is 4.42. The summed E-state index contributed by atoms with van der Waals surface area (Å²) in [6.45, 7) is 6.26. The third-order valence-electron chi connectivity index (χ3n) is 3.01. The second-order valence-corrected chi connectivity index (χ2v) is 5.20. The first-order chi connectivity index (χ1) is 8.99. The highest BCUT2D eigenvalue weighted by Gasteiger charge is 2.19. The van der Waals surface area contributed by atoms with Crippen LogP contribution >= 0.6 is 12.6 Å². The number of hydrogen-bond donors (Lipinski definition) is 1. The quantitative estimate of drug-likeness (QED) is 0.468. The fraction of sp³-hybridized carbons (Fsp3) is 0.571. The molecule has 4 nitrogen and oxygen atoms in total. The minimum Gasteiger partial charge on any atom is -0.486 e. The van der Waals surface area contributed by atoms with Gasteiger partial charge in [-0.05, 0) is 37.1 Å². The van der Waals surface area contributed by atoms with Crippen LogP contribution in [0.3, 0.4) is 0 Å². The van der Waals surface area contributed by atoms with Crippen LogP contribution in [0.25, 0.3) is 0 Å². The third-order valence-corrected chi connectivity index (χ3v) is 3.53. The fourth-order valence-electron chi connectivity index (χ4n) is 2.09. The van der Waals surface area contributed by atoms with Crippen molar-refractivity contribution in [2.24, 2.45) is 5.92 Å². The van der Waals surface area contributed by atoms with Gasteiger partial charge in [-0.25, -0.2) is 0 Å². The van der Waals surface area contributed by atoms with Crippen LogP contribution in [0.4, 0.5) is 5.69 Å². The first-order valence-corrected chi connectivity index (χ1v) is 7.12. The molecule has 1 atom stereocenters. The Morgan fingerprint density at radius 1 is 1.42 bits per heavy atom. The molecule has 5 heteroatoms. The van der Waals surface area contributed by atoms with Crippen molar-refractivity contribution in [2.75, 3.05) is 12.4 Å². The molecule has 0 fully saturated rings. The van der Waals surface area contributed by atoms with E-state index in [9.17, 15) is 10.1 Å². The average Bonchev–Trinajstić information content (AvgIpc) is 2.35. The Morgan fingerprint density at radius 3 is 2.63 bits per heavy atom. The van der Waals surface area contributed by atoms with Gasteiger partial charge in [0.15, 0.2) is 5.75 Å². The molecule has 0 aromatic heterocycles. The Bertz CT molecular complexity index is 449. The maximum absolute atomic E-state index is 11.1. The van der Waals surface area contributed by atoms with Crippen LogP contribution in [0.1, 0.15) is 30.9 Å². The summed E-state index contributed by atoms with van der Waals surface area (Å²) in [5.74, 6) is 1.44. The molecular weight excluding hydrogens is 262 g/mol. The van der Waals surface area contributed by atoms with Crippen molar-refractivity contribution in [3.05, 3.63) is 33.4 Å². The zero-order chi connectivity index (χ0) is 14.4. The van der Waals surface area contributed by atoms with E-state index in [4.69, 9.17) is 4.74 Å². The summed E-state index contributed by atoms with van der Waals surface area (Å²) in [6, 6.07) is 3.45. The molecule has 0 heterocycles. The molecule has 0 amide bonds. The van der Waals surface area contributed by atoms with E-state index in [-0.39, 0.29) is 10.6 Å². The van der Waals surface area contributed by atoms with E-state index >= 15 is 0 Å². The normalized spacial score (nSPS) is 12.2. The van der Waals surface area contributed by atoms with Gasteiger partial charge < -0.3 is 4.74 Å². The molecule has 0 aliphatic carbocycles. The van der Waals surface area contributed by atoms with Crippen molar-refractivity contribution >= 4 is 18.3 Å². The maximum Gasteiger partial charge on any atom is 0.311 e. The first-order valence-electron chi connectivity index (χ1n) is 6.48. The summed E-state index contributed by atoms with van der Waals surface area (Å²) in [5.41, 5.74) is 1.73. The highest BCUT2D eigenvalue weighted by molar-refractivity contribution is 7.80. The van der Waals surface area contributed by atoms with Gasteiger partial charge in [0, 0.05) is 12.0 Å². The van der Waals surface area contributed by atoms with E-state index in [0.717, 1.165) is 29.7 Å². The molecule has 0 radical (unpaired) electrons. The van der Waals surface area contributed by atoms with Gasteiger partial charge in [0.2, 0.25) is 0 Å². The van der Waals surface area contributed by atoms with E-state index in [0.29, 0.717) is 18.3 Å². The molecule has 0 saturated heterocycles. The lowest BCUT2D eigenvalue weighted by molar-refractivity contribution is -0.386. The maximum atomic E-state index is 11.1. The molecule has 0 aliphatic rings. The van der Waals surface area contributed by atoms with Gasteiger partial charge in [-0.1, -0.05) is 19.4 Å². The number of aryl methyl sites for hydroxylation is 2. The van der Waals surface area contributed by atoms with Gasteiger partial charge in [-0.3, -0.25) is 10.1 Å². The second kappa shape index (κ2) is 7.38. The van der Waals surface area contributed by atoms with Crippen LogP contribution in [-0.4, -0.2) is 17.3 Å². The minimum atomic E-state index is -0.384. The Kier molecular flexibility index (Phi) is 6.15. The van der Waals surface area contributed by atoms with Crippen LogP contribution in [-0.2, 0) is 0 Å². The van der Waals surface area contributed by atoms with Crippen molar-refractivity contribution < 1.29 is 9.66 Å². The van der Waals surface area contributed by atoms with E-state index in [1.165, 1.54) is 0 Å². The zero-order valence-corrected chi connectivity index (χ0v) is 12.6. The topological polar surface area (TPSA) is 52.4 Å². The first kappa shape index (κ1) is 15.8. The number of thiol groups is 1.